The number of carbonyl (C=O) groups excluding carboxylic acids is 1. The average molecular weight is 318 g/mol. The standard InChI is InChI=1S/C16H18N2OS2/c19-16(18-9-2-1-3-10-18)15-14(6-11-20-15)21-12-13-4-7-17-8-5-13/h4-8,11H,1-3,9-10,12H2. The van der Waals surface area contributed by atoms with Crippen LogP contribution >= 0.6 is 23.1 Å². The van der Waals surface area contributed by atoms with Gasteiger partial charge in [-0.1, -0.05) is 0 Å². The molecule has 2 aromatic heterocycles. The smallest absolute Gasteiger partial charge is 0.265 e. The molecule has 1 aliphatic heterocycles. The van der Waals surface area contributed by atoms with Gasteiger partial charge in [0, 0.05) is 36.1 Å². The number of hydrogen-bond acceptors (Lipinski definition) is 4. The van der Waals surface area contributed by atoms with E-state index in [2.05, 4.69) is 11.1 Å². The van der Waals surface area contributed by atoms with Crippen LogP contribution in [0.3, 0.4) is 0 Å². The lowest BCUT2D eigenvalue weighted by atomic mass is 10.1. The van der Waals surface area contributed by atoms with Crippen molar-refractivity contribution in [3.05, 3.63) is 46.4 Å². The molecule has 2 aromatic rings. The van der Waals surface area contributed by atoms with Crippen molar-refractivity contribution in [2.24, 2.45) is 0 Å². The molecule has 0 aliphatic carbocycles. The lowest BCUT2D eigenvalue weighted by Gasteiger charge is -2.26. The summed E-state index contributed by atoms with van der Waals surface area (Å²) in [6, 6.07) is 6.10. The van der Waals surface area contributed by atoms with E-state index in [9.17, 15) is 4.79 Å². The molecule has 0 saturated carbocycles. The molecule has 0 radical (unpaired) electrons. The summed E-state index contributed by atoms with van der Waals surface area (Å²) in [5.74, 6) is 1.08. The first-order valence-corrected chi connectivity index (χ1v) is 9.09. The van der Waals surface area contributed by atoms with E-state index in [-0.39, 0.29) is 5.91 Å². The Kier molecular flexibility index (Phi) is 4.93. The van der Waals surface area contributed by atoms with E-state index in [4.69, 9.17) is 0 Å². The van der Waals surface area contributed by atoms with Crippen LogP contribution in [-0.2, 0) is 5.75 Å². The molecule has 0 spiro atoms. The molecule has 0 bridgehead atoms. The van der Waals surface area contributed by atoms with Crippen LogP contribution in [0.4, 0.5) is 0 Å². The molecule has 1 saturated heterocycles. The van der Waals surface area contributed by atoms with Crippen LogP contribution in [0.5, 0.6) is 0 Å². The Bertz CT molecular complexity index is 591. The monoisotopic (exact) mass is 318 g/mol. The van der Waals surface area contributed by atoms with Gasteiger partial charge in [-0.15, -0.1) is 23.1 Å². The van der Waals surface area contributed by atoms with Gasteiger partial charge in [-0.25, -0.2) is 0 Å². The van der Waals surface area contributed by atoms with Crippen LogP contribution < -0.4 is 0 Å². The first-order chi connectivity index (χ1) is 10.3. The molecule has 21 heavy (non-hydrogen) atoms. The highest BCUT2D eigenvalue weighted by molar-refractivity contribution is 7.98. The van der Waals surface area contributed by atoms with E-state index in [1.165, 1.54) is 12.0 Å². The lowest BCUT2D eigenvalue weighted by Crippen LogP contribution is -2.35. The largest absolute Gasteiger partial charge is 0.338 e. The highest BCUT2D eigenvalue weighted by atomic mass is 32.2. The Hall–Kier alpha value is -1.33. The molecular formula is C16H18N2OS2. The van der Waals surface area contributed by atoms with Gasteiger partial charge in [0.15, 0.2) is 0 Å². The van der Waals surface area contributed by atoms with E-state index in [0.717, 1.165) is 41.5 Å². The van der Waals surface area contributed by atoms with Gasteiger partial charge in [0.05, 0.1) is 0 Å². The Morgan fingerprint density at radius 2 is 1.95 bits per heavy atom. The van der Waals surface area contributed by atoms with Crippen molar-refractivity contribution in [2.75, 3.05) is 13.1 Å². The summed E-state index contributed by atoms with van der Waals surface area (Å²) < 4.78 is 0. The van der Waals surface area contributed by atoms with E-state index >= 15 is 0 Å². The Morgan fingerprint density at radius 3 is 2.71 bits per heavy atom. The molecular weight excluding hydrogens is 300 g/mol. The van der Waals surface area contributed by atoms with Gasteiger partial charge in [-0.2, -0.15) is 0 Å². The second kappa shape index (κ2) is 7.09. The predicted molar refractivity (Wildman–Crippen MR) is 87.9 cm³/mol. The van der Waals surface area contributed by atoms with Crippen molar-refractivity contribution in [1.82, 2.24) is 9.88 Å². The molecule has 1 fully saturated rings. The Morgan fingerprint density at radius 1 is 1.19 bits per heavy atom. The van der Waals surface area contributed by atoms with Crippen LogP contribution in [0.2, 0.25) is 0 Å². The summed E-state index contributed by atoms with van der Waals surface area (Å²) in [4.78, 5) is 20.6. The second-order valence-electron chi connectivity index (χ2n) is 5.11. The topological polar surface area (TPSA) is 33.2 Å². The molecule has 0 aromatic carbocycles. The van der Waals surface area contributed by atoms with E-state index in [0.29, 0.717) is 0 Å². The zero-order valence-electron chi connectivity index (χ0n) is 11.8. The number of thiophene rings is 1. The van der Waals surface area contributed by atoms with E-state index in [1.807, 2.05) is 34.8 Å². The minimum atomic E-state index is 0.210. The minimum absolute atomic E-state index is 0.210. The number of rotatable bonds is 4. The van der Waals surface area contributed by atoms with Crippen LogP contribution in [0.25, 0.3) is 0 Å². The minimum Gasteiger partial charge on any atom is -0.338 e. The fraction of sp³-hybridized carbons (Fsp3) is 0.375. The molecule has 0 atom stereocenters. The zero-order chi connectivity index (χ0) is 14.5. The van der Waals surface area contributed by atoms with Gasteiger partial charge in [-0.05, 0) is 48.4 Å². The van der Waals surface area contributed by atoms with Crippen molar-refractivity contribution in [3.8, 4) is 0 Å². The highest BCUT2D eigenvalue weighted by Crippen LogP contribution is 2.31. The van der Waals surface area contributed by atoms with Crippen molar-refractivity contribution in [1.29, 1.82) is 0 Å². The fourth-order valence-corrected chi connectivity index (χ4v) is 4.51. The summed E-state index contributed by atoms with van der Waals surface area (Å²) in [6.07, 6.45) is 7.14. The van der Waals surface area contributed by atoms with Crippen LogP contribution in [-0.4, -0.2) is 28.9 Å². The third kappa shape index (κ3) is 3.66. The SMILES string of the molecule is O=C(c1sccc1SCc1ccncc1)N1CCCCC1. The van der Waals surface area contributed by atoms with Gasteiger partial charge in [-0.3, -0.25) is 9.78 Å². The number of pyridine rings is 1. The summed E-state index contributed by atoms with van der Waals surface area (Å²) in [7, 11) is 0. The molecule has 110 valence electrons. The molecule has 1 aliphatic rings. The van der Waals surface area contributed by atoms with Gasteiger partial charge in [0.2, 0.25) is 0 Å². The summed E-state index contributed by atoms with van der Waals surface area (Å²) in [5.41, 5.74) is 1.23. The number of likely N-dealkylation sites (tertiary alicyclic amines) is 1. The van der Waals surface area contributed by atoms with Crippen LogP contribution in [0.1, 0.15) is 34.5 Å². The van der Waals surface area contributed by atoms with Crippen LogP contribution in [0.15, 0.2) is 40.9 Å². The number of amides is 1. The maximum absolute atomic E-state index is 12.6. The number of carbonyl (C=O) groups is 1. The molecule has 0 unspecified atom stereocenters. The van der Waals surface area contributed by atoms with Gasteiger partial charge < -0.3 is 4.90 Å². The van der Waals surface area contributed by atoms with Gasteiger partial charge in [0.1, 0.15) is 4.88 Å². The van der Waals surface area contributed by atoms with Crippen molar-refractivity contribution in [3.63, 3.8) is 0 Å². The average Bonchev–Trinajstić information content (AvgIpc) is 3.02. The number of hydrogen-bond donors (Lipinski definition) is 0. The molecule has 5 heteroatoms. The zero-order valence-corrected chi connectivity index (χ0v) is 13.5. The molecule has 3 nitrogen and oxygen atoms in total. The highest BCUT2D eigenvalue weighted by Gasteiger charge is 2.21. The molecule has 3 heterocycles. The third-order valence-corrected chi connectivity index (χ3v) is 5.77. The number of aromatic nitrogens is 1. The van der Waals surface area contributed by atoms with Gasteiger partial charge in [0.25, 0.3) is 5.91 Å². The summed E-state index contributed by atoms with van der Waals surface area (Å²) >= 11 is 3.30. The maximum Gasteiger partial charge on any atom is 0.265 e. The van der Waals surface area contributed by atoms with Crippen molar-refractivity contribution in [2.45, 2.75) is 29.9 Å². The Labute approximate surface area is 133 Å². The fourth-order valence-electron chi connectivity index (χ4n) is 2.45. The lowest BCUT2D eigenvalue weighted by molar-refractivity contribution is 0.0726. The first-order valence-electron chi connectivity index (χ1n) is 7.23. The second-order valence-corrected chi connectivity index (χ2v) is 7.04. The van der Waals surface area contributed by atoms with Crippen LogP contribution in [0, 0.1) is 0 Å². The molecule has 3 rings (SSSR count). The van der Waals surface area contributed by atoms with E-state index < -0.39 is 0 Å². The third-order valence-electron chi connectivity index (χ3n) is 3.61. The number of nitrogens with zero attached hydrogens (tertiary/aromatic N) is 2. The summed E-state index contributed by atoms with van der Waals surface area (Å²) in [5, 5.41) is 2.02. The predicted octanol–water partition coefficient (Wildman–Crippen LogP) is 4.06. The molecule has 0 N–H and O–H groups in total. The quantitative estimate of drug-likeness (QED) is 0.797. The maximum atomic E-state index is 12.6. The normalized spacial score (nSPS) is 15.1. The van der Waals surface area contributed by atoms with E-state index in [1.54, 1.807) is 23.1 Å². The first kappa shape index (κ1) is 14.6. The summed E-state index contributed by atoms with van der Waals surface area (Å²) in [6.45, 7) is 1.82. The molecule has 1 amide bonds. The van der Waals surface area contributed by atoms with Crippen molar-refractivity contribution >= 4 is 29.0 Å². The van der Waals surface area contributed by atoms with Gasteiger partial charge >= 0.3 is 0 Å². The number of piperidine rings is 1. The van der Waals surface area contributed by atoms with Crippen molar-refractivity contribution < 1.29 is 4.79 Å². The number of thioether (sulfide) groups is 1. The Balaban J connectivity index is 1.67.